The fourth-order valence-corrected chi connectivity index (χ4v) is 1.34. The Balaban J connectivity index is 2.61. The maximum absolute atomic E-state index is 13.2. The monoisotopic (exact) mass is 209 g/mol. The van der Waals surface area contributed by atoms with Crippen LogP contribution in [0.25, 0.3) is 0 Å². The molecule has 1 aromatic rings. The molecule has 0 amide bonds. The Morgan fingerprint density at radius 1 is 1.40 bits per heavy atom. The van der Waals surface area contributed by atoms with Crippen molar-refractivity contribution in [1.29, 1.82) is 0 Å². The van der Waals surface area contributed by atoms with Crippen LogP contribution in [0.15, 0.2) is 18.2 Å². The molecule has 0 fully saturated rings. The molecule has 2 N–H and O–H groups in total. The lowest BCUT2D eigenvalue weighted by Gasteiger charge is -2.10. The smallest absolute Gasteiger partial charge is 0.129 e. The lowest BCUT2D eigenvalue weighted by molar-refractivity contribution is 0.551. The highest BCUT2D eigenvalue weighted by atomic mass is 19.1. The van der Waals surface area contributed by atoms with E-state index in [9.17, 15) is 8.78 Å². The second kappa shape index (κ2) is 5.47. The van der Waals surface area contributed by atoms with E-state index in [2.05, 4.69) is 5.92 Å². The molecule has 1 rings (SSSR count). The Labute approximate surface area is 88.3 Å². The van der Waals surface area contributed by atoms with Gasteiger partial charge in [-0.3, -0.25) is 0 Å². The van der Waals surface area contributed by atoms with Crippen LogP contribution in [-0.4, -0.2) is 6.04 Å². The van der Waals surface area contributed by atoms with E-state index in [1.54, 1.807) is 0 Å². The summed E-state index contributed by atoms with van der Waals surface area (Å²) in [5.74, 6) is 1.35. The summed E-state index contributed by atoms with van der Waals surface area (Å²) in [6.07, 6.45) is 6.69. The molecule has 0 aliphatic carbocycles. The van der Waals surface area contributed by atoms with Gasteiger partial charge in [-0.1, -0.05) is 6.07 Å². The van der Waals surface area contributed by atoms with Crippen molar-refractivity contribution in [3.8, 4) is 12.3 Å². The predicted octanol–water partition coefficient (Wildman–Crippen LogP) is 2.25. The molecule has 15 heavy (non-hydrogen) atoms. The van der Waals surface area contributed by atoms with E-state index in [0.29, 0.717) is 24.8 Å². The number of nitrogens with two attached hydrogens (primary N) is 1. The minimum atomic E-state index is -0.576. The molecule has 0 bridgehead atoms. The summed E-state index contributed by atoms with van der Waals surface area (Å²) < 4.78 is 25.8. The molecule has 1 aromatic carbocycles. The molecule has 0 aromatic heterocycles. The van der Waals surface area contributed by atoms with Crippen molar-refractivity contribution >= 4 is 0 Å². The molecule has 0 spiro atoms. The van der Waals surface area contributed by atoms with Gasteiger partial charge in [0.05, 0.1) is 0 Å². The Bertz CT molecular complexity index is 368. The van der Waals surface area contributed by atoms with Crippen molar-refractivity contribution in [3.63, 3.8) is 0 Å². The van der Waals surface area contributed by atoms with E-state index in [1.165, 1.54) is 12.1 Å². The fourth-order valence-electron chi connectivity index (χ4n) is 1.34. The van der Waals surface area contributed by atoms with Gasteiger partial charge < -0.3 is 5.73 Å². The molecule has 1 atom stereocenters. The maximum Gasteiger partial charge on any atom is 0.129 e. The molecule has 0 saturated heterocycles. The van der Waals surface area contributed by atoms with Gasteiger partial charge in [0.25, 0.3) is 0 Å². The van der Waals surface area contributed by atoms with Crippen molar-refractivity contribution in [2.24, 2.45) is 5.73 Å². The fraction of sp³-hybridized carbons (Fsp3) is 0.333. The molecule has 1 unspecified atom stereocenters. The summed E-state index contributed by atoms with van der Waals surface area (Å²) in [4.78, 5) is 0. The lowest BCUT2D eigenvalue weighted by Crippen LogP contribution is -2.23. The second-order valence-corrected chi connectivity index (χ2v) is 3.44. The van der Waals surface area contributed by atoms with Gasteiger partial charge >= 0.3 is 0 Å². The van der Waals surface area contributed by atoms with Crippen LogP contribution in [-0.2, 0) is 6.42 Å². The zero-order valence-electron chi connectivity index (χ0n) is 8.34. The van der Waals surface area contributed by atoms with Gasteiger partial charge in [-0.2, -0.15) is 0 Å². The molecule has 80 valence electrons. The quantitative estimate of drug-likeness (QED) is 0.756. The minimum Gasteiger partial charge on any atom is -0.327 e. The first-order chi connectivity index (χ1) is 7.13. The summed E-state index contributed by atoms with van der Waals surface area (Å²) in [6.45, 7) is 0. The topological polar surface area (TPSA) is 26.0 Å². The zero-order valence-corrected chi connectivity index (χ0v) is 8.34. The molecule has 0 saturated carbocycles. The highest BCUT2D eigenvalue weighted by Gasteiger charge is 2.08. The molecular formula is C12H13F2N. The van der Waals surface area contributed by atoms with Crippen LogP contribution < -0.4 is 5.73 Å². The van der Waals surface area contributed by atoms with E-state index in [4.69, 9.17) is 12.2 Å². The summed E-state index contributed by atoms with van der Waals surface area (Å²) in [5.41, 5.74) is 6.17. The van der Waals surface area contributed by atoms with Crippen molar-refractivity contribution in [2.75, 3.05) is 0 Å². The van der Waals surface area contributed by atoms with Crippen LogP contribution in [0.5, 0.6) is 0 Å². The average Bonchev–Trinajstić information content (AvgIpc) is 2.19. The second-order valence-electron chi connectivity index (χ2n) is 3.44. The first kappa shape index (κ1) is 11.7. The standard InChI is InChI=1S/C12H13F2N/c1-2-3-4-11(15)7-9-5-6-10(13)8-12(9)14/h1,5-6,8,11H,3-4,7,15H2. The Morgan fingerprint density at radius 3 is 2.73 bits per heavy atom. The van der Waals surface area contributed by atoms with Crippen molar-refractivity contribution in [1.82, 2.24) is 0 Å². The molecule has 0 heterocycles. The molecule has 0 radical (unpaired) electrons. The molecular weight excluding hydrogens is 196 g/mol. The summed E-state index contributed by atoms with van der Waals surface area (Å²) in [7, 11) is 0. The van der Waals surface area contributed by atoms with Crippen LogP contribution >= 0.6 is 0 Å². The highest BCUT2D eigenvalue weighted by Crippen LogP contribution is 2.12. The van der Waals surface area contributed by atoms with E-state index < -0.39 is 11.6 Å². The maximum atomic E-state index is 13.2. The Hall–Kier alpha value is -1.40. The van der Waals surface area contributed by atoms with Crippen molar-refractivity contribution in [2.45, 2.75) is 25.3 Å². The van der Waals surface area contributed by atoms with Gasteiger partial charge in [0.15, 0.2) is 0 Å². The van der Waals surface area contributed by atoms with E-state index in [-0.39, 0.29) is 6.04 Å². The molecule has 1 nitrogen and oxygen atoms in total. The number of hydrogen-bond donors (Lipinski definition) is 1. The number of halogens is 2. The third-order valence-corrected chi connectivity index (χ3v) is 2.16. The zero-order chi connectivity index (χ0) is 11.3. The highest BCUT2D eigenvalue weighted by molar-refractivity contribution is 5.19. The number of terminal acetylenes is 1. The van der Waals surface area contributed by atoms with E-state index >= 15 is 0 Å². The van der Waals surface area contributed by atoms with Gasteiger partial charge in [-0.15, -0.1) is 12.3 Å². The van der Waals surface area contributed by atoms with Crippen molar-refractivity contribution < 1.29 is 8.78 Å². The van der Waals surface area contributed by atoms with Crippen LogP contribution in [0.1, 0.15) is 18.4 Å². The average molecular weight is 209 g/mol. The molecule has 0 aliphatic rings. The SMILES string of the molecule is C#CCCC(N)Cc1ccc(F)cc1F. The largest absolute Gasteiger partial charge is 0.327 e. The van der Waals surface area contributed by atoms with Gasteiger partial charge in [-0.25, -0.2) is 8.78 Å². The molecule has 3 heteroatoms. The Morgan fingerprint density at radius 2 is 2.13 bits per heavy atom. The van der Waals surface area contributed by atoms with Crippen LogP contribution in [0.4, 0.5) is 8.78 Å². The number of benzene rings is 1. The summed E-state index contributed by atoms with van der Waals surface area (Å²) in [6, 6.07) is 3.33. The predicted molar refractivity (Wildman–Crippen MR) is 56.1 cm³/mol. The minimum absolute atomic E-state index is 0.180. The Kier molecular flexibility index (Phi) is 4.26. The van der Waals surface area contributed by atoms with E-state index in [0.717, 1.165) is 6.07 Å². The van der Waals surface area contributed by atoms with Gasteiger partial charge in [-0.05, 0) is 24.5 Å². The van der Waals surface area contributed by atoms with Gasteiger partial charge in [0, 0.05) is 18.5 Å². The van der Waals surface area contributed by atoms with Crippen LogP contribution in [0, 0.1) is 24.0 Å². The van der Waals surface area contributed by atoms with Crippen LogP contribution in [0.2, 0.25) is 0 Å². The summed E-state index contributed by atoms with van der Waals surface area (Å²) in [5, 5.41) is 0. The summed E-state index contributed by atoms with van der Waals surface area (Å²) >= 11 is 0. The molecule has 0 aliphatic heterocycles. The van der Waals surface area contributed by atoms with Gasteiger partial charge in [0.2, 0.25) is 0 Å². The normalized spacial score (nSPS) is 12.1. The van der Waals surface area contributed by atoms with E-state index in [1.807, 2.05) is 0 Å². The first-order valence-electron chi connectivity index (χ1n) is 4.76. The van der Waals surface area contributed by atoms with Crippen LogP contribution in [0.3, 0.4) is 0 Å². The number of rotatable bonds is 4. The third-order valence-electron chi connectivity index (χ3n) is 2.16. The number of hydrogen-bond acceptors (Lipinski definition) is 1. The lowest BCUT2D eigenvalue weighted by atomic mass is 10.0. The van der Waals surface area contributed by atoms with Crippen molar-refractivity contribution in [3.05, 3.63) is 35.4 Å². The third kappa shape index (κ3) is 3.69. The first-order valence-corrected chi connectivity index (χ1v) is 4.76. The van der Waals surface area contributed by atoms with Gasteiger partial charge in [0.1, 0.15) is 11.6 Å².